The second-order valence-corrected chi connectivity index (χ2v) is 6.67. The maximum atomic E-state index is 13.4. The Morgan fingerprint density at radius 2 is 2.14 bits per heavy atom. The van der Waals surface area contributed by atoms with Gasteiger partial charge in [0, 0.05) is 29.3 Å². The first-order valence-corrected chi connectivity index (χ1v) is 7.49. The molecular formula is C15H17Cl2FN2S. The third-order valence-corrected chi connectivity index (χ3v) is 5.35. The molecule has 0 bridgehead atoms. The molecular weight excluding hydrogens is 330 g/mol. The van der Waals surface area contributed by atoms with Gasteiger partial charge in [0.25, 0.3) is 0 Å². The molecule has 1 aromatic heterocycles. The number of aromatic nitrogens is 1. The Morgan fingerprint density at radius 3 is 2.86 bits per heavy atom. The van der Waals surface area contributed by atoms with Gasteiger partial charge < -0.3 is 4.90 Å². The molecule has 2 heterocycles. The molecule has 1 unspecified atom stereocenters. The van der Waals surface area contributed by atoms with Crippen molar-refractivity contribution >= 4 is 36.2 Å². The van der Waals surface area contributed by atoms with E-state index in [9.17, 15) is 4.39 Å². The molecule has 2 aromatic rings. The zero-order chi connectivity index (χ0) is 13.0. The summed E-state index contributed by atoms with van der Waals surface area (Å²) in [6, 6.07) is 5.07. The molecule has 1 fully saturated rings. The first-order chi connectivity index (χ1) is 9.20. The average molecular weight is 347 g/mol. The van der Waals surface area contributed by atoms with Crippen LogP contribution in [0.3, 0.4) is 0 Å². The number of benzene rings is 1. The molecule has 2 aliphatic rings. The Bertz CT molecular complexity index is 659. The van der Waals surface area contributed by atoms with Gasteiger partial charge >= 0.3 is 0 Å². The summed E-state index contributed by atoms with van der Waals surface area (Å²) >= 11 is 1.82. The van der Waals surface area contributed by atoms with E-state index in [0.29, 0.717) is 5.92 Å². The summed E-state index contributed by atoms with van der Waals surface area (Å²) in [5, 5.41) is 1.24. The largest absolute Gasteiger partial charge is 0.306 e. The van der Waals surface area contributed by atoms with Gasteiger partial charge in [-0.3, -0.25) is 0 Å². The number of thiazole rings is 1. The summed E-state index contributed by atoms with van der Waals surface area (Å²) in [6.45, 7) is 2.25. The Morgan fingerprint density at radius 1 is 1.33 bits per heavy atom. The zero-order valence-electron chi connectivity index (χ0n) is 11.6. The Balaban J connectivity index is 0.000000807. The molecule has 1 atom stereocenters. The molecule has 114 valence electrons. The molecule has 0 radical (unpaired) electrons. The highest BCUT2D eigenvalue weighted by Gasteiger charge is 2.29. The number of hydrogen-bond donors (Lipinski definition) is 0. The van der Waals surface area contributed by atoms with E-state index in [-0.39, 0.29) is 30.6 Å². The second-order valence-electron chi connectivity index (χ2n) is 5.55. The van der Waals surface area contributed by atoms with Crippen LogP contribution in [-0.2, 0) is 6.42 Å². The van der Waals surface area contributed by atoms with Crippen LogP contribution in [0.2, 0.25) is 0 Å². The van der Waals surface area contributed by atoms with Crippen LogP contribution in [0.25, 0.3) is 11.3 Å². The molecule has 1 aromatic carbocycles. The third kappa shape index (κ3) is 2.82. The predicted molar refractivity (Wildman–Crippen MR) is 89.7 cm³/mol. The lowest BCUT2D eigenvalue weighted by Gasteiger charge is -2.07. The molecule has 2 nitrogen and oxygen atoms in total. The Kier molecular flexibility index (Phi) is 4.93. The minimum absolute atomic E-state index is 0. The van der Waals surface area contributed by atoms with E-state index in [1.54, 1.807) is 12.1 Å². The number of halogens is 3. The summed E-state index contributed by atoms with van der Waals surface area (Å²) in [7, 11) is 2.16. The van der Waals surface area contributed by atoms with Gasteiger partial charge in [-0.15, -0.1) is 36.2 Å². The lowest BCUT2D eigenvalue weighted by atomic mass is 10.1. The van der Waals surface area contributed by atoms with Crippen LogP contribution in [0.5, 0.6) is 0 Å². The van der Waals surface area contributed by atoms with Crippen LogP contribution < -0.4 is 0 Å². The van der Waals surface area contributed by atoms with Crippen LogP contribution in [0.4, 0.5) is 4.39 Å². The first kappa shape index (κ1) is 16.7. The Hall–Kier alpha value is -0.680. The second kappa shape index (κ2) is 6.21. The van der Waals surface area contributed by atoms with Crippen molar-refractivity contribution in [2.75, 3.05) is 20.1 Å². The minimum Gasteiger partial charge on any atom is -0.306 e. The lowest BCUT2D eigenvalue weighted by molar-refractivity contribution is 0.411. The minimum atomic E-state index is -0.165. The predicted octanol–water partition coefficient (Wildman–Crippen LogP) is 4.12. The van der Waals surface area contributed by atoms with E-state index < -0.39 is 0 Å². The number of hydrogen-bond acceptors (Lipinski definition) is 3. The normalized spacial score (nSPS) is 19.6. The van der Waals surface area contributed by atoms with E-state index in [0.717, 1.165) is 30.8 Å². The molecule has 0 saturated carbocycles. The summed E-state index contributed by atoms with van der Waals surface area (Å²) in [5.74, 6) is 0.402. The van der Waals surface area contributed by atoms with Gasteiger partial charge in [-0.05, 0) is 37.7 Å². The van der Waals surface area contributed by atoms with Gasteiger partial charge in [-0.2, -0.15) is 0 Å². The number of nitrogens with zero attached hydrogens (tertiary/aromatic N) is 2. The van der Waals surface area contributed by atoms with E-state index in [4.69, 9.17) is 4.98 Å². The van der Waals surface area contributed by atoms with Crippen molar-refractivity contribution in [1.29, 1.82) is 0 Å². The highest BCUT2D eigenvalue weighted by Crippen LogP contribution is 2.42. The quantitative estimate of drug-likeness (QED) is 0.658. The molecule has 4 rings (SSSR count). The van der Waals surface area contributed by atoms with Crippen molar-refractivity contribution in [3.8, 4) is 11.3 Å². The van der Waals surface area contributed by atoms with Crippen molar-refractivity contribution in [2.24, 2.45) is 0 Å². The monoisotopic (exact) mass is 346 g/mol. The van der Waals surface area contributed by atoms with Crippen LogP contribution >= 0.6 is 36.2 Å². The number of rotatable bonds is 1. The summed E-state index contributed by atoms with van der Waals surface area (Å²) in [5.41, 5.74) is 3.25. The van der Waals surface area contributed by atoms with E-state index in [1.165, 1.54) is 21.9 Å². The van der Waals surface area contributed by atoms with E-state index in [2.05, 4.69) is 11.9 Å². The maximum absolute atomic E-state index is 13.4. The number of fused-ring (bicyclic) bond motifs is 3. The van der Waals surface area contributed by atoms with Crippen molar-refractivity contribution in [3.05, 3.63) is 39.5 Å². The molecule has 1 saturated heterocycles. The molecule has 1 aliphatic heterocycles. The van der Waals surface area contributed by atoms with Crippen LogP contribution in [-0.4, -0.2) is 30.0 Å². The van der Waals surface area contributed by atoms with Crippen molar-refractivity contribution in [3.63, 3.8) is 0 Å². The average Bonchev–Trinajstić information content (AvgIpc) is 3.03. The molecule has 0 spiro atoms. The fraction of sp³-hybridized carbons (Fsp3) is 0.400. The highest BCUT2D eigenvalue weighted by atomic mass is 35.5. The van der Waals surface area contributed by atoms with Gasteiger partial charge in [-0.1, -0.05) is 6.07 Å². The standard InChI is InChI=1S/C15H15FN2S.2ClH/c1-18-5-4-10(8-18)15-17-14-12-7-11(16)3-2-9(12)6-13(14)19-15;;/h2-3,7,10H,4-6,8H2,1H3;2*1H. The topological polar surface area (TPSA) is 16.1 Å². The zero-order valence-corrected chi connectivity index (χ0v) is 14.1. The molecule has 0 N–H and O–H groups in total. The van der Waals surface area contributed by atoms with Crippen molar-refractivity contribution in [2.45, 2.75) is 18.8 Å². The van der Waals surface area contributed by atoms with Gasteiger partial charge in [-0.25, -0.2) is 9.37 Å². The van der Waals surface area contributed by atoms with E-state index in [1.807, 2.05) is 17.4 Å². The third-order valence-electron chi connectivity index (χ3n) is 4.13. The van der Waals surface area contributed by atoms with Crippen molar-refractivity contribution < 1.29 is 4.39 Å². The lowest BCUT2D eigenvalue weighted by Crippen LogP contribution is -2.13. The van der Waals surface area contributed by atoms with Gasteiger partial charge in [0.05, 0.1) is 10.7 Å². The van der Waals surface area contributed by atoms with Crippen LogP contribution in [0.1, 0.15) is 27.8 Å². The fourth-order valence-electron chi connectivity index (χ4n) is 3.11. The van der Waals surface area contributed by atoms with Crippen LogP contribution in [0.15, 0.2) is 18.2 Å². The molecule has 6 heteroatoms. The van der Waals surface area contributed by atoms with Crippen molar-refractivity contribution in [1.82, 2.24) is 9.88 Å². The van der Waals surface area contributed by atoms with E-state index >= 15 is 0 Å². The van der Waals surface area contributed by atoms with Crippen LogP contribution in [0, 0.1) is 5.82 Å². The number of likely N-dealkylation sites (N-methyl/N-ethyl adjacent to an activating group) is 1. The first-order valence-electron chi connectivity index (χ1n) is 6.67. The Labute approximate surface area is 140 Å². The summed E-state index contributed by atoms with van der Waals surface area (Å²) < 4.78 is 13.4. The summed E-state index contributed by atoms with van der Waals surface area (Å²) in [6.07, 6.45) is 2.12. The highest BCUT2D eigenvalue weighted by molar-refractivity contribution is 7.12. The summed E-state index contributed by atoms with van der Waals surface area (Å²) in [4.78, 5) is 8.48. The SMILES string of the molecule is CN1CCC(c2nc3c(s2)Cc2ccc(F)cc2-3)C1.Cl.Cl. The maximum Gasteiger partial charge on any atom is 0.123 e. The number of likely N-dealkylation sites (tertiary alicyclic amines) is 1. The molecule has 21 heavy (non-hydrogen) atoms. The smallest absolute Gasteiger partial charge is 0.123 e. The van der Waals surface area contributed by atoms with Gasteiger partial charge in [0.15, 0.2) is 0 Å². The molecule has 1 aliphatic carbocycles. The molecule has 0 amide bonds. The van der Waals surface area contributed by atoms with Gasteiger partial charge in [0.1, 0.15) is 5.82 Å². The fourth-order valence-corrected chi connectivity index (χ4v) is 4.34. The van der Waals surface area contributed by atoms with Gasteiger partial charge in [0.2, 0.25) is 0 Å².